The lowest BCUT2D eigenvalue weighted by molar-refractivity contribution is 0.261. The minimum Gasteiger partial charge on any atom is -0.486 e. The molecule has 4 heteroatoms. The normalized spacial score (nSPS) is 10.4. The average molecular weight is 198 g/mol. The molecular weight excluding hydrogens is 184 g/mol. The van der Waals surface area contributed by atoms with Crippen molar-refractivity contribution in [2.45, 2.75) is 26.7 Å². The van der Waals surface area contributed by atoms with Crippen molar-refractivity contribution in [3.63, 3.8) is 0 Å². The molecule has 0 atom stereocenters. The first kappa shape index (κ1) is 10.8. The van der Waals surface area contributed by atoms with Crippen LogP contribution in [0, 0.1) is 0 Å². The SMILES string of the molecule is CCCCOc1c(OCC)c(=O)c1=O. The van der Waals surface area contributed by atoms with Crippen LogP contribution in [0.5, 0.6) is 11.5 Å². The van der Waals surface area contributed by atoms with Gasteiger partial charge in [-0.15, -0.1) is 0 Å². The standard InChI is InChI=1S/C10H14O4/c1-3-5-6-14-10-8(12)7(11)9(10)13-4-2/h3-6H2,1-2H3. The topological polar surface area (TPSA) is 52.6 Å². The van der Waals surface area contributed by atoms with E-state index in [1.165, 1.54) is 0 Å². The second-order valence-corrected chi connectivity index (χ2v) is 2.95. The van der Waals surface area contributed by atoms with Crippen molar-refractivity contribution < 1.29 is 9.47 Å². The zero-order valence-electron chi connectivity index (χ0n) is 8.46. The molecule has 14 heavy (non-hydrogen) atoms. The molecule has 78 valence electrons. The maximum Gasteiger partial charge on any atom is 0.275 e. The van der Waals surface area contributed by atoms with Gasteiger partial charge < -0.3 is 9.47 Å². The Bertz CT molecular complexity index is 360. The second-order valence-electron chi connectivity index (χ2n) is 2.95. The quantitative estimate of drug-likeness (QED) is 0.502. The van der Waals surface area contributed by atoms with E-state index in [0.717, 1.165) is 12.8 Å². The highest BCUT2D eigenvalue weighted by molar-refractivity contribution is 5.45. The second kappa shape index (κ2) is 4.79. The molecule has 0 N–H and O–H groups in total. The summed E-state index contributed by atoms with van der Waals surface area (Å²) in [5.41, 5.74) is -1.14. The molecule has 0 aromatic heterocycles. The summed E-state index contributed by atoms with van der Waals surface area (Å²) in [4.78, 5) is 22.0. The van der Waals surface area contributed by atoms with Gasteiger partial charge in [0.2, 0.25) is 11.5 Å². The number of ether oxygens (including phenoxy) is 2. The highest BCUT2D eigenvalue weighted by atomic mass is 16.5. The van der Waals surface area contributed by atoms with E-state index in [-0.39, 0.29) is 11.5 Å². The van der Waals surface area contributed by atoms with Crippen molar-refractivity contribution in [1.82, 2.24) is 0 Å². The summed E-state index contributed by atoms with van der Waals surface area (Å²) in [6, 6.07) is 0. The molecule has 0 aliphatic carbocycles. The lowest BCUT2D eigenvalue weighted by Crippen LogP contribution is -2.34. The van der Waals surface area contributed by atoms with Crippen LogP contribution in [0.2, 0.25) is 0 Å². The fourth-order valence-electron chi connectivity index (χ4n) is 1.08. The Hall–Kier alpha value is -1.32. The third-order valence-electron chi connectivity index (χ3n) is 1.86. The van der Waals surface area contributed by atoms with E-state index in [4.69, 9.17) is 9.47 Å². The van der Waals surface area contributed by atoms with E-state index < -0.39 is 10.9 Å². The molecule has 0 radical (unpaired) electrons. The molecule has 0 bridgehead atoms. The predicted molar refractivity (Wildman–Crippen MR) is 52.9 cm³/mol. The minimum absolute atomic E-state index is 0.0913. The first-order valence-corrected chi connectivity index (χ1v) is 4.81. The zero-order valence-corrected chi connectivity index (χ0v) is 8.46. The van der Waals surface area contributed by atoms with Crippen LogP contribution in [0.25, 0.3) is 0 Å². The summed E-state index contributed by atoms with van der Waals surface area (Å²) in [5.74, 6) is 0.193. The largest absolute Gasteiger partial charge is 0.486 e. The Labute approximate surface area is 82.2 Å². The van der Waals surface area contributed by atoms with Crippen molar-refractivity contribution in [1.29, 1.82) is 0 Å². The van der Waals surface area contributed by atoms with Crippen LogP contribution in [0.4, 0.5) is 0 Å². The van der Waals surface area contributed by atoms with Gasteiger partial charge in [-0.3, -0.25) is 9.59 Å². The Balaban J connectivity index is 2.62. The first-order chi connectivity index (χ1) is 6.72. The van der Waals surface area contributed by atoms with Gasteiger partial charge in [0, 0.05) is 0 Å². The lowest BCUT2D eigenvalue weighted by atomic mass is 10.2. The molecule has 1 aromatic carbocycles. The van der Waals surface area contributed by atoms with E-state index in [1.54, 1.807) is 6.92 Å². The van der Waals surface area contributed by atoms with Crippen LogP contribution < -0.4 is 20.3 Å². The Kier molecular flexibility index (Phi) is 3.68. The van der Waals surface area contributed by atoms with Gasteiger partial charge in [-0.05, 0) is 13.3 Å². The van der Waals surface area contributed by atoms with Crippen molar-refractivity contribution in [3.05, 3.63) is 20.4 Å². The molecule has 0 fully saturated rings. The van der Waals surface area contributed by atoms with Crippen molar-refractivity contribution in [2.24, 2.45) is 0 Å². The monoisotopic (exact) mass is 198 g/mol. The van der Waals surface area contributed by atoms with Crippen molar-refractivity contribution in [3.8, 4) is 11.5 Å². The zero-order chi connectivity index (χ0) is 10.6. The predicted octanol–water partition coefficient (Wildman–Crippen LogP) is 0.860. The Morgan fingerprint density at radius 1 is 1.00 bits per heavy atom. The highest BCUT2D eigenvalue weighted by Crippen LogP contribution is 2.20. The molecule has 0 spiro atoms. The lowest BCUT2D eigenvalue weighted by Gasteiger charge is -2.11. The molecule has 4 nitrogen and oxygen atoms in total. The fraction of sp³-hybridized carbons (Fsp3) is 0.600. The highest BCUT2D eigenvalue weighted by Gasteiger charge is 2.23. The van der Waals surface area contributed by atoms with Crippen molar-refractivity contribution in [2.75, 3.05) is 13.2 Å². The number of rotatable bonds is 6. The maximum atomic E-state index is 11.0. The van der Waals surface area contributed by atoms with Crippen LogP contribution in [0.3, 0.4) is 0 Å². The summed E-state index contributed by atoms with van der Waals surface area (Å²) in [5, 5.41) is 0. The van der Waals surface area contributed by atoms with E-state index in [1.807, 2.05) is 6.92 Å². The summed E-state index contributed by atoms with van der Waals surface area (Å²) < 4.78 is 10.1. The van der Waals surface area contributed by atoms with E-state index in [0.29, 0.717) is 13.2 Å². The van der Waals surface area contributed by atoms with Crippen LogP contribution in [0.15, 0.2) is 9.59 Å². The van der Waals surface area contributed by atoms with Gasteiger partial charge in [0.25, 0.3) is 10.9 Å². The Morgan fingerprint density at radius 2 is 1.57 bits per heavy atom. The van der Waals surface area contributed by atoms with Gasteiger partial charge in [0.15, 0.2) is 0 Å². The summed E-state index contributed by atoms with van der Waals surface area (Å²) >= 11 is 0. The van der Waals surface area contributed by atoms with Crippen LogP contribution in [-0.2, 0) is 0 Å². The minimum atomic E-state index is -0.571. The van der Waals surface area contributed by atoms with Crippen LogP contribution >= 0.6 is 0 Å². The van der Waals surface area contributed by atoms with Gasteiger partial charge in [-0.25, -0.2) is 0 Å². The molecule has 0 saturated heterocycles. The van der Waals surface area contributed by atoms with Gasteiger partial charge in [-0.1, -0.05) is 13.3 Å². The third kappa shape index (κ3) is 1.95. The van der Waals surface area contributed by atoms with Crippen LogP contribution in [-0.4, -0.2) is 13.2 Å². The van der Waals surface area contributed by atoms with E-state index >= 15 is 0 Å². The molecule has 1 rings (SSSR count). The third-order valence-corrected chi connectivity index (χ3v) is 1.86. The van der Waals surface area contributed by atoms with E-state index in [9.17, 15) is 9.59 Å². The van der Waals surface area contributed by atoms with Crippen molar-refractivity contribution >= 4 is 0 Å². The van der Waals surface area contributed by atoms with Gasteiger partial charge >= 0.3 is 0 Å². The molecule has 0 aliphatic heterocycles. The van der Waals surface area contributed by atoms with E-state index in [2.05, 4.69) is 0 Å². The number of hydrogen-bond acceptors (Lipinski definition) is 4. The molecule has 0 saturated carbocycles. The number of unbranched alkanes of at least 4 members (excludes halogenated alkanes) is 1. The Morgan fingerprint density at radius 3 is 2.07 bits per heavy atom. The molecule has 0 aliphatic rings. The molecule has 0 amide bonds. The van der Waals surface area contributed by atoms with Crippen LogP contribution in [0.1, 0.15) is 26.7 Å². The van der Waals surface area contributed by atoms with Gasteiger partial charge in [0.05, 0.1) is 13.2 Å². The molecular formula is C10H14O4. The fourth-order valence-corrected chi connectivity index (χ4v) is 1.08. The summed E-state index contributed by atoms with van der Waals surface area (Å²) in [6.07, 6.45) is 1.85. The molecule has 1 aromatic rings. The average Bonchev–Trinajstić information content (AvgIpc) is 2.21. The van der Waals surface area contributed by atoms with Gasteiger partial charge in [0.1, 0.15) is 0 Å². The summed E-state index contributed by atoms with van der Waals surface area (Å²) in [6.45, 7) is 4.61. The molecule has 0 unspecified atom stereocenters. The summed E-state index contributed by atoms with van der Waals surface area (Å²) in [7, 11) is 0. The smallest absolute Gasteiger partial charge is 0.275 e. The molecule has 0 heterocycles. The first-order valence-electron chi connectivity index (χ1n) is 4.81. The van der Waals surface area contributed by atoms with Gasteiger partial charge in [-0.2, -0.15) is 0 Å². The maximum absolute atomic E-state index is 11.0. The number of hydrogen-bond donors (Lipinski definition) is 0.